The highest BCUT2D eigenvalue weighted by molar-refractivity contribution is 5.48. The van der Waals surface area contributed by atoms with Crippen molar-refractivity contribution in [2.75, 3.05) is 20.7 Å². The van der Waals surface area contributed by atoms with Gasteiger partial charge >= 0.3 is 0 Å². The summed E-state index contributed by atoms with van der Waals surface area (Å²) >= 11 is 0. The molecule has 0 spiro atoms. The molecule has 1 rings (SSSR count). The summed E-state index contributed by atoms with van der Waals surface area (Å²) in [5, 5.41) is 3.03. The molecule has 3 heteroatoms. The van der Waals surface area contributed by atoms with Crippen LogP contribution in [0.5, 0.6) is 5.88 Å². The Morgan fingerprint density at radius 3 is 2.92 bits per heavy atom. The van der Waals surface area contributed by atoms with E-state index in [-0.39, 0.29) is 0 Å². The van der Waals surface area contributed by atoms with Gasteiger partial charge in [0, 0.05) is 18.8 Å². The summed E-state index contributed by atoms with van der Waals surface area (Å²) in [5.41, 5.74) is 1.08. The maximum absolute atomic E-state index is 4.95. The molecule has 0 aromatic carbocycles. The minimum absolute atomic E-state index is 0.644. The van der Waals surface area contributed by atoms with Crippen LogP contribution in [-0.2, 0) is 0 Å². The third-order valence-corrected chi connectivity index (χ3v) is 1.60. The van der Waals surface area contributed by atoms with Crippen molar-refractivity contribution < 1.29 is 4.74 Å². The fourth-order valence-corrected chi connectivity index (χ4v) is 0.924. The molecular formula is C10H14N2O. The Morgan fingerprint density at radius 2 is 2.38 bits per heavy atom. The number of rotatable bonds is 4. The first-order valence-electron chi connectivity index (χ1n) is 4.18. The van der Waals surface area contributed by atoms with E-state index in [1.807, 2.05) is 31.3 Å². The number of ether oxygens (including phenoxy) is 1. The van der Waals surface area contributed by atoms with E-state index in [2.05, 4.69) is 10.3 Å². The average molecular weight is 178 g/mol. The van der Waals surface area contributed by atoms with Crippen LogP contribution < -0.4 is 10.1 Å². The van der Waals surface area contributed by atoms with Crippen LogP contribution in [0, 0.1) is 0 Å². The summed E-state index contributed by atoms with van der Waals surface area (Å²) in [4.78, 5) is 4.08. The van der Waals surface area contributed by atoms with Gasteiger partial charge in [0.25, 0.3) is 0 Å². The first kappa shape index (κ1) is 9.74. The third kappa shape index (κ3) is 3.25. The second-order valence-corrected chi connectivity index (χ2v) is 2.59. The number of hydrogen-bond acceptors (Lipinski definition) is 3. The molecule has 0 atom stereocenters. The Hall–Kier alpha value is -1.35. The number of pyridine rings is 1. The molecule has 1 aromatic heterocycles. The third-order valence-electron chi connectivity index (χ3n) is 1.60. The molecule has 0 aliphatic carbocycles. The Labute approximate surface area is 78.4 Å². The van der Waals surface area contributed by atoms with Crippen molar-refractivity contribution in [3.63, 3.8) is 0 Å². The van der Waals surface area contributed by atoms with Gasteiger partial charge in [0.2, 0.25) is 5.88 Å². The monoisotopic (exact) mass is 178 g/mol. The zero-order valence-corrected chi connectivity index (χ0v) is 7.95. The first-order chi connectivity index (χ1) is 6.36. The van der Waals surface area contributed by atoms with Gasteiger partial charge in [-0.05, 0) is 18.7 Å². The van der Waals surface area contributed by atoms with E-state index in [0.717, 1.165) is 12.1 Å². The molecule has 0 unspecified atom stereocenters. The molecular weight excluding hydrogens is 164 g/mol. The molecule has 0 aliphatic rings. The van der Waals surface area contributed by atoms with Crippen molar-refractivity contribution >= 4 is 6.08 Å². The quantitative estimate of drug-likeness (QED) is 0.755. The lowest BCUT2D eigenvalue weighted by atomic mass is 10.2. The van der Waals surface area contributed by atoms with Gasteiger partial charge in [-0.2, -0.15) is 0 Å². The topological polar surface area (TPSA) is 34.1 Å². The Morgan fingerprint density at radius 1 is 1.54 bits per heavy atom. The van der Waals surface area contributed by atoms with E-state index in [9.17, 15) is 0 Å². The predicted octanol–water partition coefficient (Wildman–Crippen LogP) is 1.32. The molecule has 0 radical (unpaired) electrons. The second-order valence-electron chi connectivity index (χ2n) is 2.59. The summed E-state index contributed by atoms with van der Waals surface area (Å²) < 4.78 is 4.95. The van der Waals surface area contributed by atoms with Crippen LogP contribution in [0.15, 0.2) is 24.4 Å². The van der Waals surface area contributed by atoms with Crippen LogP contribution in [0.25, 0.3) is 6.08 Å². The van der Waals surface area contributed by atoms with Gasteiger partial charge in [-0.15, -0.1) is 0 Å². The fourth-order valence-electron chi connectivity index (χ4n) is 0.924. The lowest BCUT2D eigenvalue weighted by molar-refractivity contribution is 0.398. The number of aromatic nitrogens is 1. The van der Waals surface area contributed by atoms with Gasteiger partial charge in [0.15, 0.2) is 0 Å². The molecule has 0 saturated carbocycles. The summed E-state index contributed by atoms with van der Waals surface area (Å²) in [6.07, 6.45) is 5.84. The second kappa shape index (κ2) is 5.32. The normalized spacial score (nSPS) is 10.6. The molecule has 0 saturated heterocycles. The molecule has 0 bridgehead atoms. The van der Waals surface area contributed by atoms with Crippen molar-refractivity contribution in [2.24, 2.45) is 0 Å². The highest BCUT2D eigenvalue weighted by Gasteiger charge is 1.90. The van der Waals surface area contributed by atoms with E-state index in [0.29, 0.717) is 5.88 Å². The van der Waals surface area contributed by atoms with Crippen LogP contribution in [0.2, 0.25) is 0 Å². The van der Waals surface area contributed by atoms with Gasteiger partial charge < -0.3 is 10.1 Å². The Balaban J connectivity index is 2.58. The lowest BCUT2D eigenvalue weighted by Crippen LogP contribution is -2.03. The van der Waals surface area contributed by atoms with Crippen LogP contribution >= 0.6 is 0 Å². The smallest absolute Gasteiger partial charge is 0.212 e. The van der Waals surface area contributed by atoms with E-state index in [1.54, 1.807) is 13.3 Å². The molecule has 70 valence electrons. The highest BCUT2D eigenvalue weighted by Crippen LogP contribution is 2.07. The highest BCUT2D eigenvalue weighted by atomic mass is 16.5. The standard InChI is InChI=1S/C10H14N2O/c1-11-7-3-4-9-5-6-10(13-2)12-8-9/h3-6,8,11H,7H2,1-2H3/b4-3+. The van der Waals surface area contributed by atoms with Crippen LogP contribution in [-0.4, -0.2) is 25.7 Å². The minimum atomic E-state index is 0.644. The summed E-state index contributed by atoms with van der Waals surface area (Å²) in [7, 11) is 3.52. The van der Waals surface area contributed by atoms with Crippen molar-refractivity contribution in [1.82, 2.24) is 10.3 Å². The van der Waals surface area contributed by atoms with E-state index < -0.39 is 0 Å². The maximum atomic E-state index is 4.95. The Bertz CT molecular complexity index is 267. The molecule has 0 aliphatic heterocycles. The molecule has 13 heavy (non-hydrogen) atoms. The lowest BCUT2D eigenvalue weighted by Gasteiger charge is -1.97. The number of methoxy groups -OCH3 is 1. The summed E-state index contributed by atoms with van der Waals surface area (Å²) in [5.74, 6) is 0.644. The van der Waals surface area contributed by atoms with E-state index >= 15 is 0 Å². The van der Waals surface area contributed by atoms with Crippen molar-refractivity contribution in [3.05, 3.63) is 30.0 Å². The number of nitrogens with zero attached hydrogens (tertiary/aromatic N) is 1. The van der Waals surface area contributed by atoms with Gasteiger partial charge in [0.1, 0.15) is 0 Å². The van der Waals surface area contributed by atoms with E-state index in [1.165, 1.54) is 0 Å². The van der Waals surface area contributed by atoms with Crippen molar-refractivity contribution in [2.45, 2.75) is 0 Å². The SMILES string of the molecule is CNC/C=C/c1ccc(OC)nc1. The van der Waals surface area contributed by atoms with Crippen molar-refractivity contribution in [3.8, 4) is 5.88 Å². The van der Waals surface area contributed by atoms with E-state index in [4.69, 9.17) is 4.74 Å². The maximum Gasteiger partial charge on any atom is 0.212 e. The van der Waals surface area contributed by atoms with Crippen LogP contribution in [0.4, 0.5) is 0 Å². The molecule has 1 aromatic rings. The van der Waals surface area contributed by atoms with Gasteiger partial charge in [-0.1, -0.05) is 12.2 Å². The molecule has 3 nitrogen and oxygen atoms in total. The molecule has 0 amide bonds. The molecule has 1 heterocycles. The fraction of sp³-hybridized carbons (Fsp3) is 0.300. The minimum Gasteiger partial charge on any atom is -0.481 e. The van der Waals surface area contributed by atoms with Gasteiger partial charge in [-0.3, -0.25) is 0 Å². The van der Waals surface area contributed by atoms with Crippen molar-refractivity contribution in [1.29, 1.82) is 0 Å². The van der Waals surface area contributed by atoms with Gasteiger partial charge in [-0.25, -0.2) is 4.98 Å². The average Bonchev–Trinajstić information content (AvgIpc) is 2.19. The number of likely N-dealkylation sites (N-methyl/N-ethyl adjacent to an activating group) is 1. The summed E-state index contributed by atoms with van der Waals surface area (Å²) in [6, 6.07) is 3.82. The molecule has 1 N–H and O–H groups in total. The zero-order valence-electron chi connectivity index (χ0n) is 7.95. The van der Waals surface area contributed by atoms with Crippen LogP contribution in [0.3, 0.4) is 0 Å². The number of nitrogens with one attached hydrogen (secondary N) is 1. The predicted molar refractivity (Wildman–Crippen MR) is 53.7 cm³/mol. The molecule has 0 fully saturated rings. The Kier molecular flexibility index (Phi) is 3.99. The number of hydrogen-bond donors (Lipinski definition) is 1. The largest absolute Gasteiger partial charge is 0.481 e. The first-order valence-corrected chi connectivity index (χ1v) is 4.18. The van der Waals surface area contributed by atoms with Crippen LogP contribution in [0.1, 0.15) is 5.56 Å². The summed E-state index contributed by atoms with van der Waals surface area (Å²) in [6.45, 7) is 0.867. The van der Waals surface area contributed by atoms with Gasteiger partial charge in [0.05, 0.1) is 7.11 Å². The zero-order chi connectivity index (χ0) is 9.52.